The Morgan fingerprint density at radius 3 is 2.07 bits per heavy atom. The summed E-state index contributed by atoms with van der Waals surface area (Å²) in [6, 6.07) is 46.6. The fourth-order valence-electron chi connectivity index (χ4n) is 7.41. The lowest BCUT2D eigenvalue weighted by atomic mass is 9.91. The summed E-state index contributed by atoms with van der Waals surface area (Å²) < 4.78 is 0. The largest absolute Gasteiger partial charge is 0.254 e. The van der Waals surface area contributed by atoms with Crippen LogP contribution in [0.3, 0.4) is 0 Å². The predicted octanol–water partition coefficient (Wildman–Crippen LogP) is 9.23. The van der Waals surface area contributed by atoms with E-state index in [-0.39, 0.29) is 0 Å². The van der Waals surface area contributed by atoms with Crippen LogP contribution >= 0.6 is 0 Å². The number of nitrogens with zero attached hydrogens (tertiary/aromatic N) is 2. The second kappa shape index (κ2) is 8.94. The van der Waals surface area contributed by atoms with Gasteiger partial charge in [0.15, 0.2) is 0 Å². The number of hydrogen-bond acceptors (Lipinski definition) is 2. The van der Waals surface area contributed by atoms with Crippen LogP contribution in [0.25, 0.3) is 76.9 Å². The normalized spacial score (nSPS) is 13.5. The summed E-state index contributed by atoms with van der Waals surface area (Å²) in [6.45, 7) is 5.02. The molecule has 43 heavy (non-hydrogen) atoms. The monoisotopic (exact) mass is 564 g/mol. The van der Waals surface area contributed by atoms with Crippen LogP contribution in [0, 0.1) is 0 Å². The Bertz CT molecular complexity index is 2420. The molecule has 0 bridgehead atoms. The Morgan fingerprint density at radius 2 is 1.21 bits per heavy atom. The molecule has 0 atom stereocenters. The van der Waals surface area contributed by atoms with Gasteiger partial charge >= 0.3 is 0 Å². The molecule has 0 saturated heterocycles. The van der Waals surface area contributed by atoms with Crippen molar-refractivity contribution in [2.45, 2.75) is 13.1 Å². The number of hydrogen-bond donors (Lipinski definition) is 0. The summed E-state index contributed by atoms with van der Waals surface area (Å²) in [5, 5.41) is 10.7. The van der Waals surface area contributed by atoms with Gasteiger partial charge in [-0.3, -0.25) is 4.98 Å². The van der Waals surface area contributed by atoms with Crippen LogP contribution in [0.1, 0.15) is 0 Å². The van der Waals surface area contributed by atoms with Crippen LogP contribution in [0.4, 0.5) is 0 Å². The molecular formula is C40H28N2Si. The number of benzene rings is 6. The van der Waals surface area contributed by atoms with E-state index in [2.05, 4.69) is 139 Å². The number of fused-ring (bicyclic) bond motifs is 10. The lowest BCUT2D eigenvalue weighted by molar-refractivity contribution is 1.37. The molecular weight excluding hydrogens is 537 g/mol. The van der Waals surface area contributed by atoms with Crippen molar-refractivity contribution in [3.05, 3.63) is 134 Å². The molecule has 0 saturated carbocycles. The molecule has 2 aromatic heterocycles. The molecule has 0 radical (unpaired) electrons. The van der Waals surface area contributed by atoms with E-state index in [0.29, 0.717) is 0 Å². The Hall–Kier alpha value is -5.12. The molecule has 0 N–H and O–H groups in total. The maximum atomic E-state index is 5.07. The van der Waals surface area contributed by atoms with Gasteiger partial charge in [-0.1, -0.05) is 122 Å². The Kier molecular flexibility index (Phi) is 5.09. The number of pyridine rings is 2. The zero-order valence-electron chi connectivity index (χ0n) is 24.1. The minimum atomic E-state index is -1.85. The van der Waals surface area contributed by atoms with Crippen molar-refractivity contribution >= 4 is 61.8 Å². The van der Waals surface area contributed by atoms with Crippen LogP contribution in [0.2, 0.25) is 13.1 Å². The van der Waals surface area contributed by atoms with E-state index < -0.39 is 8.07 Å². The van der Waals surface area contributed by atoms with E-state index in [1.165, 1.54) is 43.8 Å². The average Bonchev–Trinajstić information content (AvgIpc) is 3.30. The van der Waals surface area contributed by atoms with Gasteiger partial charge < -0.3 is 0 Å². The maximum Gasteiger partial charge on any atom is 0.114 e. The summed E-state index contributed by atoms with van der Waals surface area (Å²) in [6.07, 6.45) is 1.84. The number of aromatic nitrogens is 2. The fraction of sp³-hybridized carbons (Fsp3) is 0.0500. The zero-order chi connectivity index (χ0) is 28.7. The second-order valence-electron chi connectivity index (χ2n) is 12.2. The van der Waals surface area contributed by atoms with Gasteiger partial charge in [-0.15, -0.1) is 0 Å². The summed E-state index contributed by atoms with van der Waals surface area (Å²) >= 11 is 0. The van der Waals surface area contributed by atoms with E-state index in [4.69, 9.17) is 4.98 Å². The van der Waals surface area contributed by atoms with Crippen molar-refractivity contribution in [1.29, 1.82) is 0 Å². The average molecular weight is 565 g/mol. The molecule has 202 valence electrons. The lowest BCUT2D eigenvalue weighted by Crippen LogP contribution is -2.49. The molecule has 2 nitrogen and oxygen atoms in total. The Morgan fingerprint density at radius 1 is 0.512 bits per heavy atom. The van der Waals surface area contributed by atoms with E-state index >= 15 is 0 Å². The third-order valence-electron chi connectivity index (χ3n) is 9.46. The first kappa shape index (κ1) is 24.5. The van der Waals surface area contributed by atoms with E-state index in [9.17, 15) is 0 Å². The molecule has 3 heteroatoms. The highest BCUT2D eigenvalue weighted by Crippen LogP contribution is 2.39. The minimum absolute atomic E-state index is 0.946. The van der Waals surface area contributed by atoms with Gasteiger partial charge in [-0.25, -0.2) is 4.98 Å². The first-order valence-electron chi connectivity index (χ1n) is 14.9. The Balaban J connectivity index is 1.20. The molecule has 0 spiro atoms. The van der Waals surface area contributed by atoms with Crippen LogP contribution in [0.5, 0.6) is 0 Å². The highest BCUT2D eigenvalue weighted by molar-refractivity contribution is 7.05. The van der Waals surface area contributed by atoms with Crippen molar-refractivity contribution in [3.8, 4) is 33.5 Å². The standard InChI is InChI=1S/C40H28N2Si/c1-43(2)36-12-6-5-10-31(36)33-21-19-29-24-34(30-9-3-4-11-32(30)37(29)40(33)43)25-13-15-26(16-14-25)35-22-20-28-18-17-27-8-7-23-41-38(27)39(28)42-35/h3-24H,1-2H3. The highest BCUT2D eigenvalue weighted by Gasteiger charge is 2.39. The van der Waals surface area contributed by atoms with Gasteiger partial charge in [0.05, 0.1) is 16.7 Å². The smallest absolute Gasteiger partial charge is 0.114 e. The maximum absolute atomic E-state index is 5.07. The third kappa shape index (κ3) is 3.52. The zero-order valence-corrected chi connectivity index (χ0v) is 25.1. The van der Waals surface area contributed by atoms with Gasteiger partial charge in [0, 0.05) is 22.5 Å². The minimum Gasteiger partial charge on any atom is -0.254 e. The SMILES string of the molecule is C[Si]1(C)c2ccccc2-c2ccc3cc(-c4ccc(-c5ccc6ccc7cccnc7c6n5)cc4)c4ccccc4c3c21. The van der Waals surface area contributed by atoms with Crippen LogP contribution < -0.4 is 10.4 Å². The van der Waals surface area contributed by atoms with Crippen LogP contribution in [0.15, 0.2) is 134 Å². The molecule has 0 fully saturated rings. The predicted molar refractivity (Wildman–Crippen MR) is 185 cm³/mol. The molecule has 1 aliphatic rings. The van der Waals surface area contributed by atoms with Crippen molar-refractivity contribution in [1.82, 2.24) is 9.97 Å². The summed E-state index contributed by atoms with van der Waals surface area (Å²) in [5.74, 6) is 0. The molecule has 0 aliphatic carbocycles. The van der Waals surface area contributed by atoms with Gasteiger partial charge in [0.25, 0.3) is 0 Å². The Labute approximate surface area is 251 Å². The molecule has 0 amide bonds. The van der Waals surface area contributed by atoms with E-state index in [1.807, 2.05) is 12.3 Å². The first-order chi connectivity index (χ1) is 21.1. The van der Waals surface area contributed by atoms with Gasteiger partial charge in [0.2, 0.25) is 0 Å². The molecule has 8 aromatic rings. The molecule has 0 unspecified atom stereocenters. The summed E-state index contributed by atoms with van der Waals surface area (Å²) in [4.78, 5) is 9.71. The summed E-state index contributed by atoms with van der Waals surface area (Å²) in [5.41, 5.74) is 9.29. The third-order valence-corrected chi connectivity index (χ3v) is 13.0. The topological polar surface area (TPSA) is 25.8 Å². The summed E-state index contributed by atoms with van der Waals surface area (Å²) in [7, 11) is -1.85. The number of rotatable bonds is 2. The second-order valence-corrected chi connectivity index (χ2v) is 16.5. The molecule has 9 rings (SSSR count). The van der Waals surface area contributed by atoms with Crippen molar-refractivity contribution in [3.63, 3.8) is 0 Å². The van der Waals surface area contributed by atoms with Crippen LogP contribution in [-0.4, -0.2) is 18.0 Å². The fourth-order valence-corrected chi connectivity index (χ4v) is 10.9. The van der Waals surface area contributed by atoms with Crippen molar-refractivity contribution in [2.24, 2.45) is 0 Å². The van der Waals surface area contributed by atoms with Crippen molar-refractivity contribution in [2.75, 3.05) is 0 Å². The van der Waals surface area contributed by atoms with Gasteiger partial charge in [0.1, 0.15) is 8.07 Å². The first-order valence-corrected chi connectivity index (χ1v) is 17.9. The molecule has 6 aromatic carbocycles. The highest BCUT2D eigenvalue weighted by atomic mass is 28.3. The van der Waals surface area contributed by atoms with Crippen LogP contribution in [-0.2, 0) is 0 Å². The van der Waals surface area contributed by atoms with Gasteiger partial charge in [-0.2, -0.15) is 0 Å². The molecule has 1 aliphatic heterocycles. The van der Waals surface area contributed by atoms with Gasteiger partial charge in [-0.05, 0) is 72.4 Å². The molecule has 3 heterocycles. The lowest BCUT2D eigenvalue weighted by Gasteiger charge is -2.22. The van der Waals surface area contributed by atoms with E-state index in [0.717, 1.165) is 33.1 Å². The van der Waals surface area contributed by atoms with E-state index in [1.54, 1.807) is 10.4 Å². The van der Waals surface area contributed by atoms with Crippen molar-refractivity contribution < 1.29 is 0 Å². The quantitative estimate of drug-likeness (QED) is 0.154.